The molecule has 1 aliphatic rings. The number of aliphatic hydroxyl groups excluding tert-OH is 1. The van der Waals surface area contributed by atoms with Crippen molar-refractivity contribution in [2.45, 2.75) is 24.0 Å². The number of likely N-dealkylation sites (N-methyl/N-ethyl adjacent to an activating group) is 1. The van der Waals surface area contributed by atoms with E-state index in [4.69, 9.17) is 11.6 Å². The van der Waals surface area contributed by atoms with Gasteiger partial charge in [-0.25, -0.2) is 8.42 Å². The number of nitrogens with one attached hydrogen (secondary N) is 1. The minimum Gasteiger partial charge on any atom is -0.390 e. The van der Waals surface area contributed by atoms with E-state index in [2.05, 4.69) is 5.32 Å². The van der Waals surface area contributed by atoms with Crippen LogP contribution >= 0.6 is 11.6 Å². The number of benzene rings is 1. The Morgan fingerprint density at radius 2 is 2.11 bits per heavy atom. The van der Waals surface area contributed by atoms with Gasteiger partial charge in [0.1, 0.15) is 4.90 Å². The van der Waals surface area contributed by atoms with Crippen molar-refractivity contribution in [2.24, 2.45) is 0 Å². The van der Waals surface area contributed by atoms with Gasteiger partial charge in [-0.1, -0.05) is 17.7 Å². The van der Waals surface area contributed by atoms with Crippen LogP contribution in [0.15, 0.2) is 23.1 Å². The molecule has 1 fully saturated rings. The monoisotopic (exact) mass is 304 g/mol. The van der Waals surface area contributed by atoms with Gasteiger partial charge in [-0.15, -0.1) is 0 Å². The van der Waals surface area contributed by atoms with Gasteiger partial charge in [-0.2, -0.15) is 4.31 Å². The number of sulfonamides is 1. The zero-order valence-corrected chi connectivity index (χ0v) is 12.4. The molecule has 0 aromatic heterocycles. The van der Waals surface area contributed by atoms with Crippen molar-refractivity contribution in [3.8, 4) is 0 Å². The van der Waals surface area contributed by atoms with Crippen molar-refractivity contribution in [2.75, 3.05) is 20.1 Å². The third kappa shape index (κ3) is 2.78. The quantitative estimate of drug-likeness (QED) is 0.858. The van der Waals surface area contributed by atoms with Gasteiger partial charge in [0.05, 0.1) is 17.2 Å². The summed E-state index contributed by atoms with van der Waals surface area (Å²) in [5.74, 6) is 0. The fourth-order valence-corrected chi connectivity index (χ4v) is 4.13. The predicted molar refractivity (Wildman–Crippen MR) is 73.8 cm³/mol. The molecular weight excluding hydrogens is 288 g/mol. The highest BCUT2D eigenvalue weighted by Crippen LogP contribution is 2.27. The molecule has 1 aromatic rings. The smallest absolute Gasteiger partial charge is 0.244 e. The van der Waals surface area contributed by atoms with Crippen LogP contribution in [0.3, 0.4) is 0 Å². The molecule has 1 aromatic carbocycles. The highest BCUT2D eigenvalue weighted by molar-refractivity contribution is 7.89. The molecule has 1 saturated heterocycles. The summed E-state index contributed by atoms with van der Waals surface area (Å²) < 4.78 is 26.2. The average molecular weight is 305 g/mol. The van der Waals surface area contributed by atoms with Gasteiger partial charge in [0.25, 0.3) is 0 Å². The number of nitrogens with zero attached hydrogens (tertiary/aromatic N) is 1. The number of hydrogen-bond donors (Lipinski definition) is 2. The van der Waals surface area contributed by atoms with Crippen LogP contribution in [0.1, 0.15) is 5.56 Å². The Labute approximate surface area is 118 Å². The van der Waals surface area contributed by atoms with Gasteiger partial charge in [-0.3, -0.25) is 0 Å². The molecule has 0 amide bonds. The van der Waals surface area contributed by atoms with Gasteiger partial charge in [-0.05, 0) is 24.6 Å². The standard InChI is InChI=1S/C12H17ClN2O3S/c1-8-3-4-12(9(13)5-8)19(17,18)15(2)10-6-14-7-11(10)16/h3-5,10-11,14,16H,6-7H2,1-2H3/t10-,11-/m0/s1. The minimum atomic E-state index is -3.70. The fourth-order valence-electron chi connectivity index (χ4n) is 2.17. The van der Waals surface area contributed by atoms with E-state index in [9.17, 15) is 13.5 Å². The van der Waals surface area contributed by atoms with Gasteiger partial charge in [0, 0.05) is 20.1 Å². The second kappa shape index (κ2) is 5.38. The molecule has 2 rings (SSSR count). The summed E-state index contributed by atoms with van der Waals surface area (Å²) >= 11 is 6.02. The second-order valence-corrected chi connectivity index (χ2v) is 7.12. The first-order valence-electron chi connectivity index (χ1n) is 5.97. The summed E-state index contributed by atoms with van der Waals surface area (Å²) in [6.07, 6.45) is -0.705. The normalized spacial score (nSPS) is 24.1. The zero-order chi connectivity index (χ0) is 14.2. The molecule has 0 bridgehead atoms. The van der Waals surface area contributed by atoms with E-state index in [1.54, 1.807) is 12.1 Å². The third-order valence-electron chi connectivity index (χ3n) is 3.36. The maximum Gasteiger partial charge on any atom is 0.244 e. The van der Waals surface area contributed by atoms with Crippen LogP contribution in [0.4, 0.5) is 0 Å². The molecular formula is C12H17ClN2O3S. The Morgan fingerprint density at radius 1 is 1.42 bits per heavy atom. The minimum absolute atomic E-state index is 0.0707. The number of aliphatic hydroxyl groups is 1. The molecule has 0 saturated carbocycles. The molecule has 0 spiro atoms. The summed E-state index contributed by atoms with van der Waals surface area (Å²) in [5, 5.41) is 12.9. The first kappa shape index (κ1) is 14.7. The molecule has 5 nitrogen and oxygen atoms in total. The molecule has 0 aliphatic carbocycles. The van der Waals surface area contributed by atoms with Gasteiger partial charge < -0.3 is 10.4 Å². The van der Waals surface area contributed by atoms with Crippen LogP contribution < -0.4 is 5.32 Å². The highest BCUT2D eigenvalue weighted by atomic mass is 35.5. The second-order valence-electron chi connectivity index (χ2n) is 4.75. The first-order valence-corrected chi connectivity index (χ1v) is 7.79. The van der Waals surface area contributed by atoms with Gasteiger partial charge >= 0.3 is 0 Å². The van der Waals surface area contributed by atoms with E-state index < -0.39 is 22.2 Å². The fraction of sp³-hybridized carbons (Fsp3) is 0.500. The lowest BCUT2D eigenvalue weighted by atomic mass is 10.2. The Hall–Kier alpha value is -0.660. The number of halogens is 1. The summed E-state index contributed by atoms with van der Waals surface area (Å²) in [6.45, 7) is 2.67. The van der Waals surface area contributed by atoms with E-state index in [0.717, 1.165) is 5.56 Å². The molecule has 0 radical (unpaired) electrons. The van der Waals surface area contributed by atoms with E-state index in [1.165, 1.54) is 17.4 Å². The van der Waals surface area contributed by atoms with Crippen molar-refractivity contribution >= 4 is 21.6 Å². The lowest BCUT2D eigenvalue weighted by Gasteiger charge is -2.26. The molecule has 2 atom stereocenters. The summed E-state index contributed by atoms with van der Waals surface area (Å²) in [5.41, 5.74) is 0.897. The summed E-state index contributed by atoms with van der Waals surface area (Å²) in [7, 11) is -2.24. The topological polar surface area (TPSA) is 69.6 Å². The predicted octanol–water partition coefficient (Wildman–Crippen LogP) is 0.602. The molecule has 1 aliphatic heterocycles. The third-order valence-corrected chi connectivity index (χ3v) is 5.73. The van der Waals surface area contributed by atoms with E-state index in [-0.39, 0.29) is 9.92 Å². The maximum absolute atomic E-state index is 12.5. The number of rotatable bonds is 3. The van der Waals surface area contributed by atoms with Crippen LogP contribution in [0.25, 0.3) is 0 Å². The van der Waals surface area contributed by atoms with Crippen LogP contribution in [-0.4, -0.2) is 50.1 Å². The van der Waals surface area contributed by atoms with Crippen LogP contribution in [0.2, 0.25) is 5.02 Å². The van der Waals surface area contributed by atoms with Crippen molar-refractivity contribution in [3.05, 3.63) is 28.8 Å². The van der Waals surface area contributed by atoms with Crippen molar-refractivity contribution in [3.63, 3.8) is 0 Å². The lowest BCUT2D eigenvalue weighted by Crippen LogP contribution is -2.44. The van der Waals surface area contributed by atoms with Crippen molar-refractivity contribution in [1.82, 2.24) is 9.62 Å². The van der Waals surface area contributed by atoms with Crippen LogP contribution in [0, 0.1) is 6.92 Å². The van der Waals surface area contributed by atoms with Gasteiger partial charge in [0.2, 0.25) is 10.0 Å². The lowest BCUT2D eigenvalue weighted by molar-refractivity contribution is 0.136. The molecule has 1 heterocycles. The Bertz CT molecular complexity index is 576. The first-order chi connectivity index (χ1) is 8.84. The van der Waals surface area contributed by atoms with Gasteiger partial charge in [0.15, 0.2) is 0 Å². The number of β-amino-alcohol motifs (C(OH)–C–C–N with tert-alkyl or cyclic N) is 1. The molecule has 19 heavy (non-hydrogen) atoms. The summed E-state index contributed by atoms with van der Waals surface area (Å²) in [4.78, 5) is 0.0707. The van der Waals surface area contributed by atoms with Crippen LogP contribution in [-0.2, 0) is 10.0 Å². The largest absolute Gasteiger partial charge is 0.390 e. The number of hydrogen-bond acceptors (Lipinski definition) is 4. The SMILES string of the molecule is Cc1ccc(S(=O)(=O)N(C)[C@H]2CNC[C@@H]2O)c(Cl)c1. The molecule has 7 heteroatoms. The van der Waals surface area contributed by atoms with Crippen molar-refractivity contribution < 1.29 is 13.5 Å². The van der Waals surface area contributed by atoms with E-state index in [1.807, 2.05) is 6.92 Å². The Balaban J connectivity index is 2.36. The zero-order valence-electron chi connectivity index (χ0n) is 10.8. The van der Waals surface area contributed by atoms with Crippen LogP contribution in [0.5, 0.6) is 0 Å². The van der Waals surface area contributed by atoms with E-state index >= 15 is 0 Å². The summed E-state index contributed by atoms with van der Waals surface area (Å²) in [6, 6.07) is 4.35. The number of aryl methyl sites for hydroxylation is 1. The highest BCUT2D eigenvalue weighted by Gasteiger charge is 2.36. The van der Waals surface area contributed by atoms with Crippen molar-refractivity contribution in [1.29, 1.82) is 0 Å². The maximum atomic E-state index is 12.5. The molecule has 0 unspecified atom stereocenters. The Morgan fingerprint density at radius 3 is 2.63 bits per heavy atom. The molecule has 2 N–H and O–H groups in total. The molecule has 106 valence electrons. The Kier molecular flexibility index (Phi) is 4.17. The van der Waals surface area contributed by atoms with E-state index in [0.29, 0.717) is 13.1 Å². The average Bonchev–Trinajstić information content (AvgIpc) is 2.73.